The van der Waals surface area contributed by atoms with Gasteiger partial charge in [-0.3, -0.25) is 9.59 Å². The Labute approximate surface area is 252 Å². The molecule has 1 heterocycles. The van der Waals surface area contributed by atoms with Gasteiger partial charge < -0.3 is 19.6 Å². The molecule has 2 aromatic carbocycles. The number of carbonyl (C=O) groups excluding carboxylic acids is 2. The van der Waals surface area contributed by atoms with E-state index in [1.807, 2.05) is 24.3 Å². The lowest BCUT2D eigenvalue weighted by molar-refractivity contribution is -0.938. The van der Waals surface area contributed by atoms with Crippen LogP contribution >= 0.6 is 0 Å². The number of aryl methyl sites for hydroxylation is 1. The largest absolute Gasteiger partial charge is 0.427 e. The number of unbranched alkanes of at least 4 members (excludes halogenated alkanes) is 2. The highest BCUT2D eigenvalue weighted by Crippen LogP contribution is 2.53. The molecular weight excluding hydrogens is 524 g/mol. The molecule has 0 radical (unpaired) electrons. The summed E-state index contributed by atoms with van der Waals surface area (Å²) in [6.07, 6.45) is 9.36. The van der Waals surface area contributed by atoms with Gasteiger partial charge in [0, 0.05) is 37.1 Å². The maximum atomic E-state index is 13.1. The minimum atomic E-state index is -0.948. The van der Waals surface area contributed by atoms with Gasteiger partial charge in [0.1, 0.15) is 17.9 Å². The van der Waals surface area contributed by atoms with E-state index in [0.717, 1.165) is 68.2 Å². The molecule has 4 rings (SSSR count). The van der Waals surface area contributed by atoms with Gasteiger partial charge in [-0.2, -0.15) is 0 Å². The normalized spacial score (nSPS) is 27.2. The number of amides is 1. The molecule has 2 aromatic rings. The SMILES string of the molecule is C=CC[N@@+]1(CC(C)C)CC[C@]2(c3cccc(OC(C)=O)c3)C[C@@H](NC(=O)CCCCCc3ccccc3)CCC2(O)C1. The number of aliphatic hydroxyl groups is 1. The topological polar surface area (TPSA) is 75.6 Å². The van der Waals surface area contributed by atoms with Crippen molar-refractivity contribution >= 4 is 11.9 Å². The molecule has 0 spiro atoms. The van der Waals surface area contributed by atoms with Crippen LogP contribution in [-0.4, -0.2) is 59.3 Å². The minimum Gasteiger partial charge on any atom is -0.427 e. The van der Waals surface area contributed by atoms with Crippen LogP contribution < -0.4 is 10.1 Å². The van der Waals surface area contributed by atoms with Crippen LogP contribution in [0.5, 0.6) is 5.75 Å². The summed E-state index contributed by atoms with van der Waals surface area (Å²) < 4.78 is 6.29. The first-order valence-electron chi connectivity index (χ1n) is 15.9. The molecule has 42 heavy (non-hydrogen) atoms. The zero-order valence-corrected chi connectivity index (χ0v) is 25.9. The molecule has 0 bridgehead atoms. The summed E-state index contributed by atoms with van der Waals surface area (Å²) in [7, 11) is 0. The molecule has 4 atom stereocenters. The molecule has 2 fully saturated rings. The minimum absolute atomic E-state index is 0.0102. The summed E-state index contributed by atoms with van der Waals surface area (Å²) >= 11 is 0. The standard InChI is InChI=1S/C36H50N2O4/c1-5-22-38(26-28(2)3)23-21-35(31-16-12-17-33(24-31)42-29(4)39)25-32(19-20-36(35,41)27-38)37-34(40)18-11-7-10-15-30-13-8-6-9-14-30/h5-6,8-9,12-14,16-17,24,28,32,41H,1,7,10-11,15,18-23,25-27H2,2-4H3/p+1/t32-,35+,36?,38-/m0/s1. The van der Waals surface area contributed by atoms with E-state index in [4.69, 9.17) is 4.74 Å². The van der Waals surface area contributed by atoms with Crippen LogP contribution in [0, 0.1) is 5.92 Å². The molecule has 1 aliphatic heterocycles. The third-order valence-corrected chi connectivity index (χ3v) is 9.50. The van der Waals surface area contributed by atoms with Gasteiger partial charge in [0.2, 0.25) is 5.91 Å². The number of ether oxygens (including phenoxy) is 1. The van der Waals surface area contributed by atoms with Crippen LogP contribution in [0.25, 0.3) is 0 Å². The van der Waals surface area contributed by atoms with Crippen molar-refractivity contribution in [3.8, 4) is 5.75 Å². The Morgan fingerprint density at radius 1 is 1.12 bits per heavy atom. The molecule has 0 aromatic heterocycles. The van der Waals surface area contributed by atoms with E-state index in [1.54, 1.807) is 6.07 Å². The highest BCUT2D eigenvalue weighted by molar-refractivity contribution is 5.76. The summed E-state index contributed by atoms with van der Waals surface area (Å²) in [6.45, 7) is 13.3. The van der Waals surface area contributed by atoms with Gasteiger partial charge in [-0.05, 0) is 67.9 Å². The van der Waals surface area contributed by atoms with Gasteiger partial charge >= 0.3 is 5.97 Å². The first-order chi connectivity index (χ1) is 20.1. The summed E-state index contributed by atoms with van der Waals surface area (Å²) in [4.78, 5) is 24.8. The van der Waals surface area contributed by atoms with Crippen LogP contribution in [0.15, 0.2) is 67.3 Å². The van der Waals surface area contributed by atoms with Crippen molar-refractivity contribution in [2.45, 2.75) is 95.6 Å². The first kappa shape index (κ1) is 32.0. The molecule has 1 amide bonds. The molecule has 1 saturated heterocycles. The van der Waals surface area contributed by atoms with E-state index in [1.165, 1.54) is 12.5 Å². The molecule has 6 nitrogen and oxygen atoms in total. The summed E-state index contributed by atoms with van der Waals surface area (Å²) in [5, 5.41) is 16.0. The average Bonchev–Trinajstić information content (AvgIpc) is 2.93. The lowest BCUT2D eigenvalue weighted by Gasteiger charge is -2.60. The van der Waals surface area contributed by atoms with Crippen molar-refractivity contribution in [3.63, 3.8) is 0 Å². The summed E-state index contributed by atoms with van der Waals surface area (Å²) in [5.41, 5.74) is 0.840. The fourth-order valence-electron chi connectivity index (χ4n) is 7.84. The van der Waals surface area contributed by atoms with Crippen LogP contribution in [-0.2, 0) is 21.4 Å². The molecule has 1 unspecified atom stereocenters. The third kappa shape index (κ3) is 7.70. The van der Waals surface area contributed by atoms with Crippen molar-refractivity contribution in [1.29, 1.82) is 0 Å². The van der Waals surface area contributed by atoms with Gasteiger partial charge in [0.05, 0.1) is 19.6 Å². The highest BCUT2D eigenvalue weighted by atomic mass is 16.5. The second kappa shape index (κ2) is 14.0. The number of fused-ring (bicyclic) bond motifs is 1. The van der Waals surface area contributed by atoms with E-state index < -0.39 is 11.0 Å². The van der Waals surface area contributed by atoms with Crippen molar-refractivity contribution < 1.29 is 23.9 Å². The number of quaternary nitrogens is 1. The molecule has 228 valence electrons. The maximum absolute atomic E-state index is 13.1. The third-order valence-electron chi connectivity index (χ3n) is 9.50. The number of nitrogens with one attached hydrogen (secondary N) is 1. The van der Waals surface area contributed by atoms with E-state index in [-0.39, 0.29) is 17.9 Å². The maximum Gasteiger partial charge on any atom is 0.308 e. The number of piperidine rings is 1. The Balaban J connectivity index is 1.48. The number of esters is 1. The predicted molar refractivity (Wildman–Crippen MR) is 168 cm³/mol. The number of benzene rings is 2. The molecular formula is C36H51N2O4+. The molecule has 2 N–H and O–H groups in total. The first-order valence-corrected chi connectivity index (χ1v) is 15.9. The Morgan fingerprint density at radius 3 is 2.62 bits per heavy atom. The Kier molecular flexibility index (Phi) is 10.7. The summed E-state index contributed by atoms with van der Waals surface area (Å²) in [5.74, 6) is 0.732. The second-order valence-electron chi connectivity index (χ2n) is 13.3. The van der Waals surface area contributed by atoms with Crippen molar-refractivity contribution in [2.24, 2.45) is 5.92 Å². The number of rotatable bonds is 13. The van der Waals surface area contributed by atoms with E-state index in [2.05, 4.69) is 56.1 Å². The zero-order valence-electron chi connectivity index (χ0n) is 25.9. The predicted octanol–water partition coefficient (Wildman–Crippen LogP) is 6.12. The second-order valence-corrected chi connectivity index (χ2v) is 13.3. The Morgan fingerprint density at radius 2 is 1.90 bits per heavy atom. The fourth-order valence-corrected chi connectivity index (χ4v) is 7.84. The number of carbonyl (C=O) groups is 2. The van der Waals surface area contributed by atoms with Gasteiger partial charge in [0.15, 0.2) is 0 Å². The van der Waals surface area contributed by atoms with Crippen LogP contribution in [0.2, 0.25) is 0 Å². The van der Waals surface area contributed by atoms with Crippen LogP contribution in [0.3, 0.4) is 0 Å². The number of hydrogen-bond acceptors (Lipinski definition) is 4. The molecule has 1 aliphatic carbocycles. The lowest BCUT2D eigenvalue weighted by Crippen LogP contribution is -2.72. The van der Waals surface area contributed by atoms with Gasteiger partial charge in [-0.25, -0.2) is 0 Å². The number of nitrogens with zero attached hydrogens (tertiary/aromatic N) is 1. The molecule has 6 heteroatoms. The van der Waals surface area contributed by atoms with E-state index >= 15 is 0 Å². The summed E-state index contributed by atoms with van der Waals surface area (Å²) in [6, 6.07) is 18.2. The highest BCUT2D eigenvalue weighted by Gasteiger charge is 2.62. The van der Waals surface area contributed by atoms with E-state index in [0.29, 0.717) is 37.5 Å². The van der Waals surface area contributed by atoms with Crippen molar-refractivity contribution in [1.82, 2.24) is 5.32 Å². The van der Waals surface area contributed by atoms with Gasteiger partial charge in [0.25, 0.3) is 0 Å². The lowest BCUT2D eigenvalue weighted by atomic mass is 9.54. The molecule has 1 saturated carbocycles. The van der Waals surface area contributed by atoms with Crippen molar-refractivity contribution in [2.75, 3.05) is 26.2 Å². The van der Waals surface area contributed by atoms with Crippen LogP contribution in [0.4, 0.5) is 0 Å². The average molecular weight is 576 g/mol. The number of hydrogen-bond donors (Lipinski definition) is 2. The van der Waals surface area contributed by atoms with E-state index in [9.17, 15) is 14.7 Å². The fraction of sp³-hybridized carbons (Fsp3) is 0.556. The van der Waals surface area contributed by atoms with Crippen LogP contribution in [0.1, 0.15) is 83.3 Å². The number of likely N-dealkylation sites (tertiary alicyclic amines) is 1. The van der Waals surface area contributed by atoms with Gasteiger partial charge in [-0.15, -0.1) is 0 Å². The molecule has 2 aliphatic rings. The van der Waals surface area contributed by atoms with Gasteiger partial charge in [-0.1, -0.05) is 69.3 Å². The Hall–Kier alpha value is -2.96. The monoisotopic (exact) mass is 575 g/mol. The quantitative estimate of drug-likeness (QED) is 0.0993. The zero-order chi connectivity index (χ0) is 30.2. The van der Waals surface area contributed by atoms with Crippen molar-refractivity contribution in [3.05, 3.63) is 78.4 Å². The Bertz CT molecular complexity index is 1210. The smallest absolute Gasteiger partial charge is 0.308 e.